The lowest BCUT2D eigenvalue weighted by molar-refractivity contribution is -0.115. The van der Waals surface area contributed by atoms with Crippen LogP contribution in [0.1, 0.15) is 12.5 Å². The molecule has 0 aliphatic carbocycles. The fourth-order valence-electron chi connectivity index (χ4n) is 2.17. The number of para-hydroxylation sites is 1. The number of hydrogen-bond acceptors (Lipinski definition) is 6. The van der Waals surface area contributed by atoms with Gasteiger partial charge in [-0.25, -0.2) is 0 Å². The third-order valence-corrected chi connectivity index (χ3v) is 4.48. The van der Waals surface area contributed by atoms with Gasteiger partial charge in [-0.15, -0.1) is 10.2 Å². The highest BCUT2D eigenvalue weighted by molar-refractivity contribution is 8.00. The number of phenolic OH excluding ortho intramolecular Hbond substituents is 1. The fraction of sp³-hybridized carbons (Fsp3) is 0.167. The average Bonchev–Trinajstić information content (AvgIpc) is 3.05. The molecule has 1 heterocycles. The largest absolute Gasteiger partial charge is 0.508 e. The maximum Gasteiger partial charge on any atom is 0.277 e. The second kappa shape index (κ2) is 7.40. The smallest absolute Gasteiger partial charge is 0.277 e. The van der Waals surface area contributed by atoms with Gasteiger partial charge in [-0.2, -0.15) is 0 Å². The van der Waals surface area contributed by atoms with E-state index in [1.54, 1.807) is 25.1 Å². The Hall–Kier alpha value is -2.80. The first-order valence-electron chi connectivity index (χ1n) is 7.69. The van der Waals surface area contributed by atoms with E-state index < -0.39 is 5.25 Å². The Morgan fingerprint density at radius 1 is 1.20 bits per heavy atom. The van der Waals surface area contributed by atoms with Crippen LogP contribution in [0.5, 0.6) is 5.75 Å². The van der Waals surface area contributed by atoms with E-state index in [9.17, 15) is 9.90 Å². The predicted octanol–water partition coefficient (Wildman–Crippen LogP) is 3.87. The van der Waals surface area contributed by atoms with Crippen LogP contribution in [0, 0.1) is 6.92 Å². The molecule has 0 saturated carbocycles. The van der Waals surface area contributed by atoms with E-state index in [-0.39, 0.29) is 11.7 Å². The van der Waals surface area contributed by atoms with Crippen molar-refractivity contribution in [3.63, 3.8) is 0 Å². The number of nitrogens with one attached hydrogen (secondary N) is 1. The van der Waals surface area contributed by atoms with Crippen molar-refractivity contribution >= 4 is 23.4 Å². The number of thioether (sulfide) groups is 1. The number of phenols is 1. The standard InChI is InChI=1S/C18H17N3O3S/c1-11-6-3-4-9-15(11)19-16(23)12(2)25-18-21-20-17(24-18)13-7-5-8-14(22)10-13/h3-10,12,22H,1-2H3,(H,19,23)/t12-/m1/s1. The summed E-state index contributed by atoms with van der Waals surface area (Å²) >= 11 is 1.18. The summed E-state index contributed by atoms with van der Waals surface area (Å²) in [5.74, 6) is 0.275. The molecule has 128 valence electrons. The monoisotopic (exact) mass is 355 g/mol. The van der Waals surface area contributed by atoms with Gasteiger partial charge in [-0.3, -0.25) is 4.79 Å². The van der Waals surface area contributed by atoms with Gasteiger partial charge in [0.2, 0.25) is 11.8 Å². The van der Waals surface area contributed by atoms with E-state index >= 15 is 0 Å². The van der Waals surface area contributed by atoms with Gasteiger partial charge in [0.15, 0.2) is 0 Å². The van der Waals surface area contributed by atoms with E-state index in [1.807, 2.05) is 31.2 Å². The van der Waals surface area contributed by atoms with Gasteiger partial charge < -0.3 is 14.8 Å². The molecular weight excluding hydrogens is 338 g/mol. The lowest BCUT2D eigenvalue weighted by atomic mass is 10.2. The number of anilines is 1. The number of aromatic hydroxyl groups is 1. The Kier molecular flexibility index (Phi) is 5.04. The molecule has 0 aliphatic heterocycles. The summed E-state index contributed by atoms with van der Waals surface area (Å²) in [6, 6.07) is 14.1. The Labute approximate surface area is 149 Å². The predicted molar refractivity (Wildman–Crippen MR) is 96.5 cm³/mol. The minimum absolute atomic E-state index is 0.121. The number of hydrogen-bond donors (Lipinski definition) is 2. The third kappa shape index (κ3) is 4.19. The van der Waals surface area contributed by atoms with Crippen LogP contribution in [0.25, 0.3) is 11.5 Å². The molecule has 3 rings (SSSR count). The molecule has 1 atom stereocenters. The zero-order chi connectivity index (χ0) is 17.8. The van der Waals surface area contributed by atoms with Gasteiger partial charge in [0.1, 0.15) is 5.75 Å². The maximum absolute atomic E-state index is 12.3. The van der Waals surface area contributed by atoms with Crippen LogP contribution < -0.4 is 5.32 Å². The minimum Gasteiger partial charge on any atom is -0.508 e. The van der Waals surface area contributed by atoms with Crippen molar-refractivity contribution in [2.45, 2.75) is 24.3 Å². The lowest BCUT2D eigenvalue weighted by Gasteiger charge is -2.11. The zero-order valence-corrected chi connectivity index (χ0v) is 14.6. The third-order valence-electron chi connectivity index (χ3n) is 3.55. The second-order valence-corrected chi connectivity index (χ2v) is 6.78. The number of carbonyl (C=O) groups is 1. The molecule has 0 aliphatic rings. The number of aromatic nitrogens is 2. The van der Waals surface area contributed by atoms with Crippen molar-refractivity contribution in [3.05, 3.63) is 54.1 Å². The van der Waals surface area contributed by atoms with Crippen molar-refractivity contribution in [3.8, 4) is 17.2 Å². The van der Waals surface area contributed by atoms with Crippen LogP contribution in [-0.4, -0.2) is 26.5 Å². The molecular formula is C18H17N3O3S. The Balaban J connectivity index is 1.66. The first-order chi connectivity index (χ1) is 12.0. The van der Waals surface area contributed by atoms with Crippen molar-refractivity contribution in [2.24, 2.45) is 0 Å². The summed E-state index contributed by atoms with van der Waals surface area (Å²) in [7, 11) is 0. The van der Waals surface area contributed by atoms with Gasteiger partial charge in [0.05, 0.1) is 5.25 Å². The normalized spacial score (nSPS) is 11.9. The van der Waals surface area contributed by atoms with E-state index in [4.69, 9.17) is 4.42 Å². The van der Waals surface area contributed by atoms with Crippen LogP contribution in [0.15, 0.2) is 58.2 Å². The molecule has 3 aromatic rings. The average molecular weight is 355 g/mol. The van der Waals surface area contributed by atoms with Crippen LogP contribution in [0.2, 0.25) is 0 Å². The van der Waals surface area contributed by atoms with Crippen LogP contribution in [0.4, 0.5) is 5.69 Å². The summed E-state index contributed by atoms with van der Waals surface area (Å²) in [5.41, 5.74) is 2.40. The molecule has 6 nitrogen and oxygen atoms in total. The zero-order valence-electron chi connectivity index (χ0n) is 13.8. The topological polar surface area (TPSA) is 88.2 Å². The van der Waals surface area contributed by atoms with Crippen molar-refractivity contribution in [1.82, 2.24) is 10.2 Å². The van der Waals surface area contributed by atoms with E-state index in [0.29, 0.717) is 16.7 Å². The fourth-order valence-corrected chi connectivity index (χ4v) is 2.85. The van der Waals surface area contributed by atoms with E-state index in [0.717, 1.165) is 11.3 Å². The Morgan fingerprint density at radius 3 is 2.76 bits per heavy atom. The van der Waals surface area contributed by atoms with Gasteiger partial charge in [0.25, 0.3) is 5.22 Å². The van der Waals surface area contributed by atoms with Gasteiger partial charge in [0, 0.05) is 11.3 Å². The molecule has 2 N–H and O–H groups in total. The summed E-state index contributed by atoms with van der Waals surface area (Å²) in [6.07, 6.45) is 0. The van der Waals surface area contributed by atoms with Gasteiger partial charge >= 0.3 is 0 Å². The van der Waals surface area contributed by atoms with Gasteiger partial charge in [-0.05, 0) is 43.7 Å². The number of aryl methyl sites for hydroxylation is 1. The number of amides is 1. The lowest BCUT2D eigenvalue weighted by Crippen LogP contribution is -2.22. The van der Waals surface area contributed by atoms with Crippen LogP contribution in [0.3, 0.4) is 0 Å². The molecule has 1 aromatic heterocycles. The molecule has 25 heavy (non-hydrogen) atoms. The van der Waals surface area contributed by atoms with Crippen molar-refractivity contribution < 1.29 is 14.3 Å². The maximum atomic E-state index is 12.3. The summed E-state index contributed by atoms with van der Waals surface area (Å²) in [4.78, 5) is 12.3. The van der Waals surface area contributed by atoms with Crippen LogP contribution >= 0.6 is 11.8 Å². The Morgan fingerprint density at radius 2 is 2.00 bits per heavy atom. The first-order valence-corrected chi connectivity index (χ1v) is 8.57. The number of benzene rings is 2. The molecule has 0 fully saturated rings. The van der Waals surface area contributed by atoms with Crippen LogP contribution in [-0.2, 0) is 4.79 Å². The minimum atomic E-state index is -0.405. The SMILES string of the molecule is Cc1ccccc1NC(=O)[C@@H](C)Sc1nnc(-c2cccc(O)c2)o1. The van der Waals surface area contributed by atoms with E-state index in [1.165, 1.54) is 17.8 Å². The highest BCUT2D eigenvalue weighted by Gasteiger charge is 2.19. The second-order valence-electron chi connectivity index (χ2n) is 5.49. The number of rotatable bonds is 5. The first kappa shape index (κ1) is 17.0. The molecule has 0 saturated heterocycles. The van der Waals surface area contributed by atoms with E-state index in [2.05, 4.69) is 15.5 Å². The highest BCUT2D eigenvalue weighted by Crippen LogP contribution is 2.28. The summed E-state index contributed by atoms with van der Waals surface area (Å²) < 4.78 is 5.57. The molecule has 0 unspecified atom stereocenters. The molecule has 1 amide bonds. The number of nitrogens with zero attached hydrogens (tertiary/aromatic N) is 2. The highest BCUT2D eigenvalue weighted by atomic mass is 32.2. The summed E-state index contributed by atoms with van der Waals surface area (Å²) in [6.45, 7) is 3.71. The van der Waals surface area contributed by atoms with Crippen molar-refractivity contribution in [2.75, 3.05) is 5.32 Å². The Bertz CT molecular complexity index is 895. The quantitative estimate of drug-likeness (QED) is 0.676. The molecule has 2 aromatic carbocycles. The molecule has 0 bridgehead atoms. The number of carbonyl (C=O) groups excluding carboxylic acids is 1. The molecule has 0 spiro atoms. The summed E-state index contributed by atoms with van der Waals surface area (Å²) in [5, 5.41) is 20.2. The van der Waals surface area contributed by atoms with Gasteiger partial charge in [-0.1, -0.05) is 36.0 Å². The van der Waals surface area contributed by atoms with Crippen molar-refractivity contribution in [1.29, 1.82) is 0 Å². The molecule has 0 radical (unpaired) electrons. The molecule has 7 heteroatoms.